The van der Waals surface area contributed by atoms with Crippen LogP contribution in [-0.2, 0) is 9.53 Å². The van der Waals surface area contributed by atoms with Crippen molar-refractivity contribution < 1.29 is 9.53 Å². The summed E-state index contributed by atoms with van der Waals surface area (Å²) in [6.07, 6.45) is 1.74. The molecule has 0 rings (SSSR count). The van der Waals surface area contributed by atoms with Gasteiger partial charge in [0.1, 0.15) is 0 Å². The van der Waals surface area contributed by atoms with Gasteiger partial charge in [0.05, 0.1) is 6.61 Å². The molecule has 0 aromatic carbocycles. The summed E-state index contributed by atoms with van der Waals surface area (Å²) in [5.41, 5.74) is 0.432. The predicted molar refractivity (Wildman–Crippen MR) is 45.1 cm³/mol. The summed E-state index contributed by atoms with van der Waals surface area (Å²) in [5.74, 6) is -0.128. The molecule has 1 unspecified atom stereocenters. The minimum absolute atomic E-state index is 0.207. The standard InChI is InChI=1S/C9H14O2/c1-5-8(4)6-11-9(10)7(2)3/h5,8H,1-2,6H2,3-4H3. The first kappa shape index (κ1) is 9.95. The van der Waals surface area contributed by atoms with Crippen molar-refractivity contribution in [2.45, 2.75) is 13.8 Å². The quantitative estimate of drug-likeness (QED) is 0.351. The number of esters is 1. The highest BCUT2D eigenvalue weighted by molar-refractivity contribution is 5.86. The first-order valence-corrected chi connectivity index (χ1v) is 3.53. The highest BCUT2D eigenvalue weighted by Gasteiger charge is 2.04. The molecule has 0 aromatic rings. The van der Waals surface area contributed by atoms with E-state index in [1.54, 1.807) is 13.0 Å². The maximum absolute atomic E-state index is 10.8. The van der Waals surface area contributed by atoms with Crippen LogP contribution in [0.2, 0.25) is 0 Å². The smallest absolute Gasteiger partial charge is 0.333 e. The van der Waals surface area contributed by atoms with E-state index in [1.165, 1.54) is 0 Å². The predicted octanol–water partition coefficient (Wildman–Crippen LogP) is 1.93. The van der Waals surface area contributed by atoms with Crippen molar-refractivity contribution in [3.8, 4) is 0 Å². The summed E-state index contributed by atoms with van der Waals surface area (Å²) in [6.45, 7) is 11.0. The van der Waals surface area contributed by atoms with Crippen LogP contribution < -0.4 is 0 Å². The van der Waals surface area contributed by atoms with Gasteiger partial charge in [-0.15, -0.1) is 6.58 Å². The minimum Gasteiger partial charge on any atom is -0.462 e. The van der Waals surface area contributed by atoms with Crippen LogP contribution in [0.5, 0.6) is 0 Å². The largest absolute Gasteiger partial charge is 0.462 e. The molecular formula is C9H14O2. The molecule has 0 aliphatic carbocycles. The molecule has 0 aromatic heterocycles. The zero-order valence-electron chi connectivity index (χ0n) is 7.09. The van der Waals surface area contributed by atoms with Crippen LogP contribution in [0.15, 0.2) is 24.8 Å². The molecule has 0 aliphatic rings. The van der Waals surface area contributed by atoms with E-state index in [2.05, 4.69) is 13.2 Å². The monoisotopic (exact) mass is 154 g/mol. The molecule has 0 heterocycles. The molecule has 1 atom stereocenters. The highest BCUT2D eigenvalue weighted by atomic mass is 16.5. The lowest BCUT2D eigenvalue weighted by molar-refractivity contribution is -0.139. The highest BCUT2D eigenvalue weighted by Crippen LogP contribution is 1.99. The van der Waals surface area contributed by atoms with Gasteiger partial charge in [0.25, 0.3) is 0 Å². The van der Waals surface area contributed by atoms with Gasteiger partial charge in [0.15, 0.2) is 0 Å². The minimum atomic E-state index is -0.335. The molecular weight excluding hydrogens is 140 g/mol. The number of ether oxygens (including phenoxy) is 1. The lowest BCUT2D eigenvalue weighted by Crippen LogP contribution is -2.10. The van der Waals surface area contributed by atoms with Crippen LogP contribution in [0.25, 0.3) is 0 Å². The zero-order chi connectivity index (χ0) is 8.85. The first-order chi connectivity index (χ1) is 5.07. The fourth-order valence-electron chi connectivity index (χ4n) is 0.398. The molecule has 0 saturated heterocycles. The average molecular weight is 154 g/mol. The molecule has 0 N–H and O–H groups in total. The summed E-state index contributed by atoms with van der Waals surface area (Å²) >= 11 is 0. The van der Waals surface area contributed by atoms with Crippen molar-refractivity contribution in [2.75, 3.05) is 6.61 Å². The van der Waals surface area contributed by atoms with Gasteiger partial charge in [-0.2, -0.15) is 0 Å². The van der Waals surface area contributed by atoms with E-state index in [0.717, 1.165) is 0 Å². The van der Waals surface area contributed by atoms with E-state index >= 15 is 0 Å². The van der Waals surface area contributed by atoms with Crippen molar-refractivity contribution in [2.24, 2.45) is 5.92 Å². The summed E-state index contributed by atoms with van der Waals surface area (Å²) in [7, 11) is 0. The van der Waals surface area contributed by atoms with E-state index in [1.807, 2.05) is 6.92 Å². The Hall–Kier alpha value is -1.05. The van der Waals surface area contributed by atoms with Crippen molar-refractivity contribution in [1.82, 2.24) is 0 Å². The van der Waals surface area contributed by atoms with Gasteiger partial charge in [-0.25, -0.2) is 4.79 Å². The van der Waals surface area contributed by atoms with Crippen LogP contribution in [-0.4, -0.2) is 12.6 Å². The SMILES string of the molecule is C=CC(C)COC(=O)C(=C)C. The van der Waals surface area contributed by atoms with Crippen molar-refractivity contribution in [1.29, 1.82) is 0 Å². The van der Waals surface area contributed by atoms with Gasteiger partial charge < -0.3 is 4.74 Å². The van der Waals surface area contributed by atoms with E-state index in [0.29, 0.717) is 12.2 Å². The van der Waals surface area contributed by atoms with Gasteiger partial charge in [0, 0.05) is 11.5 Å². The van der Waals surface area contributed by atoms with E-state index in [-0.39, 0.29) is 11.9 Å². The maximum atomic E-state index is 10.8. The van der Waals surface area contributed by atoms with Crippen molar-refractivity contribution in [3.05, 3.63) is 24.8 Å². The molecule has 0 radical (unpaired) electrons. The molecule has 0 amide bonds. The third-order valence-corrected chi connectivity index (χ3v) is 1.23. The van der Waals surface area contributed by atoms with Gasteiger partial charge in [-0.1, -0.05) is 19.6 Å². The molecule has 62 valence electrons. The Morgan fingerprint density at radius 2 is 2.27 bits per heavy atom. The number of carbonyl (C=O) groups excluding carboxylic acids is 1. The van der Waals surface area contributed by atoms with Gasteiger partial charge in [-0.3, -0.25) is 0 Å². The zero-order valence-corrected chi connectivity index (χ0v) is 7.09. The second-order valence-corrected chi connectivity index (χ2v) is 2.59. The molecule has 11 heavy (non-hydrogen) atoms. The second-order valence-electron chi connectivity index (χ2n) is 2.59. The third kappa shape index (κ3) is 4.37. The fraction of sp³-hybridized carbons (Fsp3) is 0.444. The Labute approximate surface area is 67.6 Å². The van der Waals surface area contributed by atoms with Crippen LogP contribution in [0.4, 0.5) is 0 Å². The van der Waals surface area contributed by atoms with Gasteiger partial charge in [0.2, 0.25) is 0 Å². The molecule has 0 bridgehead atoms. The Morgan fingerprint density at radius 3 is 2.64 bits per heavy atom. The lowest BCUT2D eigenvalue weighted by atomic mass is 10.2. The van der Waals surface area contributed by atoms with Crippen LogP contribution in [0.1, 0.15) is 13.8 Å². The van der Waals surface area contributed by atoms with E-state index < -0.39 is 0 Å². The molecule has 0 spiro atoms. The van der Waals surface area contributed by atoms with E-state index in [4.69, 9.17) is 4.74 Å². The molecule has 2 heteroatoms. The van der Waals surface area contributed by atoms with Gasteiger partial charge >= 0.3 is 5.97 Å². The van der Waals surface area contributed by atoms with Crippen LogP contribution in [0.3, 0.4) is 0 Å². The van der Waals surface area contributed by atoms with E-state index in [9.17, 15) is 4.79 Å². The normalized spacial score (nSPS) is 11.8. The number of hydrogen-bond donors (Lipinski definition) is 0. The summed E-state index contributed by atoms with van der Waals surface area (Å²) in [6, 6.07) is 0. The molecule has 0 saturated carbocycles. The summed E-state index contributed by atoms with van der Waals surface area (Å²) in [5, 5.41) is 0. The average Bonchev–Trinajstić information content (AvgIpc) is 1.99. The Balaban J connectivity index is 3.62. The van der Waals surface area contributed by atoms with Gasteiger partial charge in [-0.05, 0) is 6.92 Å². The van der Waals surface area contributed by atoms with Crippen LogP contribution in [0, 0.1) is 5.92 Å². The second kappa shape index (κ2) is 4.72. The summed E-state index contributed by atoms with van der Waals surface area (Å²) in [4.78, 5) is 10.8. The number of carbonyl (C=O) groups is 1. The Kier molecular flexibility index (Phi) is 4.27. The Morgan fingerprint density at radius 1 is 1.73 bits per heavy atom. The number of rotatable bonds is 4. The van der Waals surface area contributed by atoms with Crippen LogP contribution >= 0.6 is 0 Å². The first-order valence-electron chi connectivity index (χ1n) is 3.53. The molecule has 0 fully saturated rings. The van der Waals surface area contributed by atoms with Crippen molar-refractivity contribution >= 4 is 5.97 Å². The maximum Gasteiger partial charge on any atom is 0.333 e. The van der Waals surface area contributed by atoms with Crippen molar-refractivity contribution in [3.63, 3.8) is 0 Å². The summed E-state index contributed by atoms with van der Waals surface area (Å²) < 4.78 is 4.85. The molecule has 0 aliphatic heterocycles. The lowest BCUT2D eigenvalue weighted by Gasteiger charge is -2.06. The Bertz CT molecular complexity index is 170. The fourth-order valence-corrected chi connectivity index (χ4v) is 0.398. The third-order valence-electron chi connectivity index (χ3n) is 1.23. The topological polar surface area (TPSA) is 26.3 Å². The number of hydrogen-bond acceptors (Lipinski definition) is 2. The molecule has 2 nitrogen and oxygen atoms in total.